The van der Waals surface area contributed by atoms with Crippen LogP contribution in [0.3, 0.4) is 0 Å². The number of piperidine rings is 1. The second-order valence-electron chi connectivity index (χ2n) is 8.63. The van der Waals surface area contributed by atoms with E-state index >= 15 is 0 Å². The summed E-state index contributed by atoms with van der Waals surface area (Å²) in [6.07, 6.45) is 5.27. The molecule has 164 valence electrons. The first-order valence-corrected chi connectivity index (χ1v) is 12.3. The van der Waals surface area contributed by atoms with E-state index in [1.807, 2.05) is 6.92 Å². The molecule has 2 aliphatic rings. The van der Waals surface area contributed by atoms with Crippen LogP contribution >= 0.6 is 0 Å². The highest BCUT2D eigenvalue weighted by Crippen LogP contribution is 2.36. The van der Waals surface area contributed by atoms with E-state index in [1.165, 1.54) is 10.6 Å². The molecule has 0 unspecified atom stereocenters. The maximum absolute atomic E-state index is 13.0. The van der Waals surface area contributed by atoms with Crippen LogP contribution in [0, 0.1) is 12.8 Å². The Balaban J connectivity index is 1.63. The number of rotatable bonds is 4. The van der Waals surface area contributed by atoms with Gasteiger partial charge in [-0.2, -0.15) is 4.98 Å². The van der Waals surface area contributed by atoms with Gasteiger partial charge in [-0.15, -0.1) is 0 Å². The highest BCUT2D eigenvalue weighted by atomic mass is 32.2. The summed E-state index contributed by atoms with van der Waals surface area (Å²) in [6, 6.07) is 1.77. The zero-order valence-corrected chi connectivity index (χ0v) is 18.4. The Morgan fingerprint density at radius 1 is 1.20 bits per heavy atom. The lowest BCUT2D eigenvalue weighted by atomic mass is 10.0. The summed E-state index contributed by atoms with van der Waals surface area (Å²) in [4.78, 5) is 22.1. The third-order valence-corrected chi connectivity index (χ3v) is 7.82. The minimum Gasteiger partial charge on any atom is -0.393 e. The molecule has 0 spiro atoms. The molecule has 1 aliphatic carbocycles. The standard InChI is InChI=1S/C20H29N5O4S/c1-12-10-14-11-21-20(22-15-6-8-24(9-7-15)30(3,28)29)23-18(14)25(19(12)27)16-4-5-17(26)13(16)2/h10-11,13,15-17,26H,4-9H2,1-3H3,(H,21,22,23)/t13-,16-,17-/m0/s1. The third-order valence-electron chi connectivity index (χ3n) is 6.51. The maximum atomic E-state index is 13.0. The van der Waals surface area contributed by atoms with E-state index in [9.17, 15) is 18.3 Å². The van der Waals surface area contributed by atoms with Gasteiger partial charge in [-0.3, -0.25) is 9.36 Å². The summed E-state index contributed by atoms with van der Waals surface area (Å²) in [5, 5.41) is 14.3. The molecule has 1 saturated heterocycles. The lowest BCUT2D eigenvalue weighted by Crippen LogP contribution is -2.42. The first-order chi connectivity index (χ1) is 14.1. The molecule has 0 bridgehead atoms. The molecule has 3 atom stereocenters. The maximum Gasteiger partial charge on any atom is 0.255 e. The van der Waals surface area contributed by atoms with Crippen LogP contribution < -0.4 is 10.9 Å². The van der Waals surface area contributed by atoms with E-state index in [0.717, 1.165) is 11.8 Å². The zero-order chi connectivity index (χ0) is 21.6. The number of hydrogen-bond donors (Lipinski definition) is 2. The SMILES string of the molecule is Cc1cc2cnc(NC3CCN(S(C)(=O)=O)CC3)nc2n([C@H]2CC[C@H](O)[C@H]2C)c1=O. The topological polar surface area (TPSA) is 117 Å². The van der Waals surface area contributed by atoms with Crippen molar-refractivity contribution in [2.45, 2.75) is 57.7 Å². The zero-order valence-electron chi connectivity index (χ0n) is 17.6. The number of aliphatic hydroxyl groups excluding tert-OH is 1. The minimum atomic E-state index is -3.17. The van der Waals surface area contributed by atoms with Crippen molar-refractivity contribution in [3.05, 3.63) is 28.2 Å². The van der Waals surface area contributed by atoms with Crippen molar-refractivity contribution >= 4 is 27.0 Å². The Morgan fingerprint density at radius 2 is 1.90 bits per heavy atom. The monoisotopic (exact) mass is 435 g/mol. The number of nitrogens with zero attached hydrogens (tertiary/aromatic N) is 4. The van der Waals surface area contributed by atoms with Gasteiger partial charge in [0.1, 0.15) is 5.65 Å². The number of pyridine rings is 1. The number of aryl methyl sites for hydroxylation is 1. The van der Waals surface area contributed by atoms with Gasteiger partial charge in [-0.25, -0.2) is 17.7 Å². The molecule has 0 amide bonds. The average Bonchev–Trinajstić information content (AvgIpc) is 3.02. The smallest absolute Gasteiger partial charge is 0.255 e. The fourth-order valence-corrected chi connectivity index (χ4v) is 5.51. The first-order valence-electron chi connectivity index (χ1n) is 10.4. The van der Waals surface area contributed by atoms with Gasteiger partial charge in [0, 0.05) is 48.2 Å². The summed E-state index contributed by atoms with van der Waals surface area (Å²) < 4.78 is 26.6. The number of aromatic nitrogens is 3. The van der Waals surface area contributed by atoms with Crippen LogP contribution in [0.4, 0.5) is 5.95 Å². The summed E-state index contributed by atoms with van der Waals surface area (Å²) in [7, 11) is -3.17. The number of nitrogens with one attached hydrogen (secondary N) is 1. The lowest BCUT2D eigenvalue weighted by Gasteiger charge is -2.30. The molecule has 9 nitrogen and oxygen atoms in total. The van der Waals surface area contributed by atoms with Crippen LogP contribution in [0.15, 0.2) is 17.1 Å². The Labute approximate surface area is 176 Å². The fraction of sp³-hybridized carbons (Fsp3) is 0.650. The van der Waals surface area contributed by atoms with Crippen LogP contribution in [-0.4, -0.2) is 63.9 Å². The van der Waals surface area contributed by atoms with Crippen LogP contribution in [0.25, 0.3) is 11.0 Å². The molecule has 0 aromatic carbocycles. The number of aliphatic hydroxyl groups is 1. The van der Waals surface area contributed by atoms with Crippen LogP contribution in [0.1, 0.15) is 44.2 Å². The van der Waals surface area contributed by atoms with Gasteiger partial charge in [-0.1, -0.05) is 6.92 Å². The van der Waals surface area contributed by atoms with E-state index < -0.39 is 16.1 Å². The molecule has 3 heterocycles. The molecule has 10 heteroatoms. The minimum absolute atomic E-state index is 0.0283. The molecule has 2 N–H and O–H groups in total. The van der Waals surface area contributed by atoms with Crippen LogP contribution in [0.5, 0.6) is 0 Å². The van der Waals surface area contributed by atoms with Crippen molar-refractivity contribution in [1.29, 1.82) is 0 Å². The second kappa shape index (κ2) is 7.90. The fourth-order valence-electron chi connectivity index (χ4n) is 4.64. The molecule has 1 aliphatic heterocycles. The van der Waals surface area contributed by atoms with Gasteiger partial charge in [0.05, 0.1) is 12.4 Å². The predicted molar refractivity (Wildman–Crippen MR) is 115 cm³/mol. The Hall–Kier alpha value is -2.04. The first kappa shape index (κ1) is 21.2. The second-order valence-corrected chi connectivity index (χ2v) is 10.6. The molecule has 30 heavy (non-hydrogen) atoms. The van der Waals surface area contributed by atoms with Crippen molar-refractivity contribution in [2.24, 2.45) is 5.92 Å². The Bertz CT molecular complexity index is 1110. The molecular weight excluding hydrogens is 406 g/mol. The van der Waals surface area contributed by atoms with Crippen molar-refractivity contribution < 1.29 is 13.5 Å². The average molecular weight is 436 g/mol. The Kier molecular flexibility index (Phi) is 5.58. The van der Waals surface area contributed by atoms with Crippen molar-refractivity contribution in [2.75, 3.05) is 24.7 Å². The number of sulfonamides is 1. The van der Waals surface area contributed by atoms with Gasteiger partial charge in [0.15, 0.2) is 0 Å². The van der Waals surface area contributed by atoms with E-state index in [4.69, 9.17) is 0 Å². The van der Waals surface area contributed by atoms with Gasteiger partial charge in [0.25, 0.3) is 5.56 Å². The molecule has 1 saturated carbocycles. The third kappa shape index (κ3) is 3.95. The largest absolute Gasteiger partial charge is 0.393 e. The van der Waals surface area contributed by atoms with Crippen molar-refractivity contribution in [1.82, 2.24) is 18.8 Å². The molecular formula is C20H29N5O4S. The molecule has 2 fully saturated rings. The summed E-state index contributed by atoms with van der Waals surface area (Å²) in [5.74, 6) is 0.405. The molecule has 0 radical (unpaired) electrons. The highest BCUT2D eigenvalue weighted by molar-refractivity contribution is 7.88. The lowest BCUT2D eigenvalue weighted by molar-refractivity contribution is 0.129. The van der Waals surface area contributed by atoms with Gasteiger partial charge < -0.3 is 10.4 Å². The summed E-state index contributed by atoms with van der Waals surface area (Å²) >= 11 is 0. The highest BCUT2D eigenvalue weighted by Gasteiger charge is 2.34. The number of hydrogen-bond acceptors (Lipinski definition) is 7. The van der Waals surface area contributed by atoms with Gasteiger partial charge in [-0.05, 0) is 38.7 Å². The van der Waals surface area contributed by atoms with Crippen LogP contribution in [0.2, 0.25) is 0 Å². The predicted octanol–water partition coefficient (Wildman–Crippen LogP) is 1.27. The molecule has 2 aromatic heterocycles. The van der Waals surface area contributed by atoms with Crippen molar-refractivity contribution in [3.8, 4) is 0 Å². The van der Waals surface area contributed by atoms with E-state index in [2.05, 4.69) is 15.3 Å². The summed E-state index contributed by atoms with van der Waals surface area (Å²) in [5.41, 5.74) is 1.12. The quantitative estimate of drug-likeness (QED) is 0.742. The van der Waals surface area contributed by atoms with Crippen LogP contribution in [-0.2, 0) is 10.0 Å². The van der Waals surface area contributed by atoms with E-state index in [1.54, 1.807) is 23.8 Å². The summed E-state index contributed by atoms with van der Waals surface area (Å²) in [6.45, 7) is 4.69. The normalized spacial score (nSPS) is 26.3. The number of fused-ring (bicyclic) bond motifs is 1. The molecule has 2 aromatic rings. The van der Waals surface area contributed by atoms with Crippen molar-refractivity contribution in [3.63, 3.8) is 0 Å². The molecule has 4 rings (SSSR count). The van der Waals surface area contributed by atoms with E-state index in [0.29, 0.717) is 49.5 Å². The number of anilines is 1. The van der Waals surface area contributed by atoms with Gasteiger partial charge >= 0.3 is 0 Å². The van der Waals surface area contributed by atoms with E-state index in [-0.39, 0.29) is 23.6 Å². The Morgan fingerprint density at radius 3 is 2.50 bits per heavy atom. The van der Waals surface area contributed by atoms with Gasteiger partial charge in [0.2, 0.25) is 16.0 Å².